The number of nitrogens with zero attached hydrogens (tertiary/aromatic N) is 4. The Hall–Kier alpha value is -3.49. The van der Waals surface area contributed by atoms with Crippen molar-refractivity contribution >= 4 is 5.91 Å². The lowest BCUT2D eigenvalue weighted by Gasteiger charge is -2.10. The maximum Gasteiger partial charge on any atom is 0.224 e. The third-order valence-corrected chi connectivity index (χ3v) is 3.84. The Kier molecular flexibility index (Phi) is 5.60. The molecule has 3 rings (SSSR count). The van der Waals surface area contributed by atoms with Crippen molar-refractivity contribution in [3.63, 3.8) is 0 Å². The molecule has 1 N–H and O–H groups in total. The van der Waals surface area contributed by atoms with Gasteiger partial charge in [0.1, 0.15) is 5.82 Å². The van der Waals surface area contributed by atoms with Crippen molar-refractivity contribution < 1.29 is 18.7 Å². The number of carbonyl (C=O) groups is 1. The molecule has 0 unspecified atom stereocenters. The molecule has 0 radical (unpaired) electrons. The summed E-state index contributed by atoms with van der Waals surface area (Å²) in [5.41, 5.74) is 1.25. The third-order valence-electron chi connectivity index (χ3n) is 3.84. The van der Waals surface area contributed by atoms with Gasteiger partial charge < -0.3 is 14.8 Å². The van der Waals surface area contributed by atoms with Gasteiger partial charge in [-0.2, -0.15) is 4.68 Å². The number of aromatic nitrogens is 4. The van der Waals surface area contributed by atoms with Crippen molar-refractivity contribution in [1.29, 1.82) is 0 Å². The van der Waals surface area contributed by atoms with Crippen LogP contribution >= 0.6 is 0 Å². The topological polar surface area (TPSA) is 91.2 Å². The largest absolute Gasteiger partial charge is 0.493 e. The van der Waals surface area contributed by atoms with Gasteiger partial charge in [-0.1, -0.05) is 12.1 Å². The lowest BCUT2D eigenvalue weighted by atomic mass is 10.1. The lowest BCUT2D eigenvalue weighted by molar-refractivity contribution is -0.120. The highest BCUT2D eigenvalue weighted by atomic mass is 19.1. The molecule has 3 aromatic rings. The van der Waals surface area contributed by atoms with Gasteiger partial charge in [-0.05, 0) is 46.3 Å². The van der Waals surface area contributed by atoms with Crippen LogP contribution in [-0.2, 0) is 17.8 Å². The highest BCUT2D eigenvalue weighted by Crippen LogP contribution is 2.27. The zero-order valence-corrected chi connectivity index (χ0v) is 14.8. The van der Waals surface area contributed by atoms with Crippen LogP contribution in [0.25, 0.3) is 5.69 Å². The van der Waals surface area contributed by atoms with Crippen molar-refractivity contribution in [3.8, 4) is 17.2 Å². The van der Waals surface area contributed by atoms with Gasteiger partial charge in [0.25, 0.3) is 0 Å². The number of hydrogen-bond donors (Lipinski definition) is 1. The summed E-state index contributed by atoms with van der Waals surface area (Å²) in [4.78, 5) is 12.2. The van der Waals surface area contributed by atoms with Crippen molar-refractivity contribution in [2.24, 2.45) is 0 Å². The molecule has 0 spiro atoms. The first-order valence-electron chi connectivity index (χ1n) is 8.11. The molecule has 0 bridgehead atoms. The van der Waals surface area contributed by atoms with Crippen molar-refractivity contribution in [2.45, 2.75) is 13.0 Å². The minimum Gasteiger partial charge on any atom is -0.493 e. The molecule has 2 aromatic carbocycles. The number of ether oxygens (including phenoxy) is 2. The van der Waals surface area contributed by atoms with Crippen LogP contribution in [0.2, 0.25) is 0 Å². The van der Waals surface area contributed by atoms with E-state index >= 15 is 0 Å². The SMILES string of the molecule is COc1ccc(CC(=O)NCc2nnnn2-c2cccc(F)c2)cc1OC. The average molecular weight is 371 g/mol. The molecule has 0 atom stereocenters. The first-order chi connectivity index (χ1) is 13.1. The van der Waals surface area contributed by atoms with E-state index in [4.69, 9.17) is 9.47 Å². The molecule has 0 saturated heterocycles. The summed E-state index contributed by atoms with van der Waals surface area (Å²) in [6.45, 7) is 0.107. The van der Waals surface area contributed by atoms with Gasteiger partial charge in [-0.3, -0.25) is 4.79 Å². The fourth-order valence-corrected chi connectivity index (χ4v) is 2.54. The quantitative estimate of drug-likeness (QED) is 0.679. The van der Waals surface area contributed by atoms with E-state index in [9.17, 15) is 9.18 Å². The van der Waals surface area contributed by atoms with E-state index in [1.165, 1.54) is 23.9 Å². The average Bonchev–Trinajstić information content (AvgIpc) is 3.15. The maximum absolute atomic E-state index is 13.4. The molecular formula is C18H18FN5O3. The summed E-state index contributed by atoms with van der Waals surface area (Å²) in [6, 6.07) is 11.2. The molecule has 0 fully saturated rings. The zero-order valence-electron chi connectivity index (χ0n) is 14.8. The molecule has 8 nitrogen and oxygen atoms in total. The molecule has 1 heterocycles. The number of hydrogen-bond acceptors (Lipinski definition) is 6. The van der Waals surface area contributed by atoms with E-state index in [-0.39, 0.29) is 18.9 Å². The highest BCUT2D eigenvalue weighted by molar-refractivity contribution is 5.78. The maximum atomic E-state index is 13.4. The Balaban J connectivity index is 1.64. The van der Waals surface area contributed by atoms with Crippen LogP contribution in [0.4, 0.5) is 4.39 Å². The summed E-state index contributed by atoms with van der Waals surface area (Å²) in [7, 11) is 3.08. The van der Waals surface area contributed by atoms with E-state index in [1.807, 2.05) is 0 Å². The summed E-state index contributed by atoms with van der Waals surface area (Å²) >= 11 is 0. The number of nitrogens with one attached hydrogen (secondary N) is 1. The van der Waals surface area contributed by atoms with Gasteiger partial charge in [0.2, 0.25) is 5.91 Å². The van der Waals surface area contributed by atoms with Crippen LogP contribution in [-0.4, -0.2) is 40.3 Å². The monoisotopic (exact) mass is 371 g/mol. The minimum absolute atomic E-state index is 0.107. The molecule has 1 aromatic heterocycles. The Labute approximate surface area is 154 Å². The van der Waals surface area contributed by atoms with Crippen LogP contribution in [0, 0.1) is 5.82 Å². The third kappa shape index (κ3) is 4.38. The Bertz CT molecular complexity index is 944. The summed E-state index contributed by atoms with van der Waals surface area (Å²) in [5.74, 6) is 0.928. The second kappa shape index (κ2) is 8.26. The van der Waals surface area contributed by atoms with Gasteiger partial charge in [0, 0.05) is 0 Å². The predicted octanol–water partition coefficient (Wildman–Crippen LogP) is 1.68. The first kappa shape index (κ1) is 18.3. The highest BCUT2D eigenvalue weighted by Gasteiger charge is 2.12. The second-order valence-corrected chi connectivity index (χ2v) is 5.63. The van der Waals surface area contributed by atoms with Gasteiger partial charge in [-0.25, -0.2) is 4.39 Å². The Morgan fingerprint density at radius 3 is 2.70 bits per heavy atom. The number of carbonyl (C=O) groups excluding carboxylic acids is 1. The van der Waals surface area contributed by atoms with Crippen LogP contribution in [0.15, 0.2) is 42.5 Å². The van der Waals surface area contributed by atoms with E-state index < -0.39 is 5.82 Å². The van der Waals surface area contributed by atoms with E-state index in [0.717, 1.165) is 5.56 Å². The number of rotatable bonds is 7. The standard InChI is InChI=1S/C18H18FN5O3/c1-26-15-7-6-12(8-16(15)27-2)9-18(25)20-11-17-21-22-23-24(17)14-5-3-4-13(19)10-14/h3-8,10H,9,11H2,1-2H3,(H,20,25). The van der Waals surface area contributed by atoms with Crippen LogP contribution < -0.4 is 14.8 Å². The number of amides is 1. The predicted molar refractivity (Wildman–Crippen MR) is 94.2 cm³/mol. The molecule has 140 valence electrons. The van der Waals surface area contributed by atoms with Gasteiger partial charge in [0.15, 0.2) is 17.3 Å². The Morgan fingerprint density at radius 2 is 1.96 bits per heavy atom. The summed E-state index contributed by atoms with van der Waals surface area (Å²) in [6.07, 6.45) is 0.155. The molecule has 0 aliphatic heterocycles. The number of benzene rings is 2. The molecular weight excluding hydrogens is 353 g/mol. The van der Waals surface area contributed by atoms with Crippen LogP contribution in [0.1, 0.15) is 11.4 Å². The smallest absolute Gasteiger partial charge is 0.224 e. The minimum atomic E-state index is -0.397. The lowest BCUT2D eigenvalue weighted by Crippen LogP contribution is -2.26. The van der Waals surface area contributed by atoms with Crippen molar-refractivity contribution in [1.82, 2.24) is 25.5 Å². The number of halogens is 1. The molecule has 27 heavy (non-hydrogen) atoms. The molecule has 0 saturated carbocycles. The van der Waals surface area contributed by atoms with E-state index in [1.54, 1.807) is 37.4 Å². The summed E-state index contributed by atoms with van der Waals surface area (Å²) < 4.78 is 25.2. The van der Waals surface area contributed by atoms with Crippen molar-refractivity contribution in [3.05, 3.63) is 59.7 Å². The van der Waals surface area contributed by atoms with Gasteiger partial charge in [0.05, 0.1) is 32.9 Å². The first-order valence-corrected chi connectivity index (χ1v) is 8.11. The van der Waals surface area contributed by atoms with E-state index in [0.29, 0.717) is 23.0 Å². The molecule has 9 heteroatoms. The van der Waals surface area contributed by atoms with Gasteiger partial charge >= 0.3 is 0 Å². The fraction of sp³-hybridized carbons (Fsp3) is 0.222. The second-order valence-electron chi connectivity index (χ2n) is 5.63. The fourth-order valence-electron chi connectivity index (χ4n) is 2.54. The number of methoxy groups -OCH3 is 2. The Morgan fingerprint density at radius 1 is 1.15 bits per heavy atom. The number of tetrazole rings is 1. The van der Waals surface area contributed by atoms with E-state index in [2.05, 4.69) is 20.8 Å². The normalized spacial score (nSPS) is 10.5. The molecule has 1 amide bonds. The molecule has 0 aliphatic carbocycles. The zero-order chi connectivity index (χ0) is 19.2. The van der Waals surface area contributed by atoms with Crippen LogP contribution in [0.5, 0.6) is 11.5 Å². The summed E-state index contributed by atoms with van der Waals surface area (Å²) in [5, 5.41) is 14.1. The van der Waals surface area contributed by atoms with Gasteiger partial charge in [-0.15, -0.1) is 5.10 Å². The van der Waals surface area contributed by atoms with Crippen LogP contribution in [0.3, 0.4) is 0 Å². The molecule has 0 aliphatic rings. The van der Waals surface area contributed by atoms with Crippen molar-refractivity contribution in [2.75, 3.05) is 14.2 Å².